The van der Waals surface area contributed by atoms with Gasteiger partial charge in [-0.15, -0.1) is 21.5 Å². The van der Waals surface area contributed by atoms with Crippen LogP contribution in [0.4, 0.5) is 5.82 Å². The number of hydrogen-bond donors (Lipinski definition) is 1. The number of nitrogens with zero attached hydrogens (tertiary/aromatic N) is 5. The minimum Gasteiger partial charge on any atom is -0.351 e. The molecule has 4 rings (SSSR count). The van der Waals surface area contributed by atoms with Crippen LogP contribution < -0.4 is 10.2 Å². The van der Waals surface area contributed by atoms with Crippen molar-refractivity contribution in [1.82, 2.24) is 24.9 Å². The number of fused-ring (bicyclic) bond motifs is 3. The summed E-state index contributed by atoms with van der Waals surface area (Å²) in [6, 6.07) is 2.06. The second-order valence-electron chi connectivity index (χ2n) is 4.44. The molecule has 1 aliphatic rings. The van der Waals surface area contributed by atoms with Crippen LogP contribution in [0, 0.1) is 0 Å². The van der Waals surface area contributed by atoms with Gasteiger partial charge in [0.15, 0.2) is 5.82 Å². The summed E-state index contributed by atoms with van der Waals surface area (Å²) in [7, 11) is 0. The van der Waals surface area contributed by atoms with E-state index in [1.54, 1.807) is 17.7 Å². The van der Waals surface area contributed by atoms with Crippen molar-refractivity contribution >= 4 is 49.1 Å². The van der Waals surface area contributed by atoms with Crippen LogP contribution in [0.3, 0.4) is 0 Å². The van der Waals surface area contributed by atoms with Crippen molar-refractivity contribution in [2.75, 3.05) is 31.1 Å². The van der Waals surface area contributed by atoms with Crippen LogP contribution in [0.2, 0.25) is 0 Å². The molecule has 0 spiro atoms. The highest BCUT2D eigenvalue weighted by atomic mass is 79.9. The number of aromatic nitrogens is 4. The summed E-state index contributed by atoms with van der Waals surface area (Å²) in [4.78, 5) is 8.06. The molecule has 0 unspecified atom stereocenters. The molecule has 0 aromatic carbocycles. The molecule has 0 radical (unpaired) electrons. The van der Waals surface area contributed by atoms with Crippen LogP contribution in [0.15, 0.2) is 16.2 Å². The third-order valence-electron chi connectivity index (χ3n) is 3.29. The fourth-order valence-electron chi connectivity index (χ4n) is 2.39. The van der Waals surface area contributed by atoms with Crippen LogP contribution in [-0.4, -0.2) is 45.8 Å². The van der Waals surface area contributed by atoms with Crippen molar-refractivity contribution in [3.05, 3.63) is 16.2 Å². The Hall–Kier alpha value is -1.25. The van der Waals surface area contributed by atoms with Gasteiger partial charge < -0.3 is 10.2 Å². The van der Waals surface area contributed by atoms with Gasteiger partial charge in [0.2, 0.25) is 5.65 Å². The van der Waals surface area contributed by atoms with Crippen molar-refractivity contribution in [1.29, 1.82) is 0 Å². The Labute approximate surface area is 121 Å². The Kier molecular flexibility index (Phi) is 2.68. The minimum absolute atomic E-state index is 0.833. The normalized spacial score (nSPS) is 16.6. The van der Waals surface area contributed by atoms with Gasteiger partial charge in [0.1, 0.15) is 11.2 Å². The first-order valence-corrected chi connectivity index (χ1v) is 7.68. The van der Waals surface area contributed by atoms with E-state index in [9.17, 15) is 0 Å². The molecule has 98 valence electrons. The smallest absolute Gasteiger partial charge is 0.204 e. The number of piperazine rings is 1. The maximum absolute atomic E-state index is 4.78. The van der Waals surface area contributed by atoms with Gasteiger partial charge in [-0.05, 0) is 22.0 Å². The Morgan fingerprint density at radius 2 is 2.16 bits per heavy atom. The van der Waals surface area contributed by atoms with Crippen molar-refractivity contribution in [3.8, 4) is 0 Å². The van der Waals surface area contributed by atoms with E-state index < -0.39 is 0 Å². The number of thiophene rings is 1. The maximum atomic E-state index is 4.78. The van der Waals surface area contributed by atoms with Crippen LogP contribution >= 0.6 is 27.3 Å². The van der Waals surface area contributed by atoms with Gasteiger partial charge in [0, 0.05) is 26.2 Å². The lowest BCUT2D eigenvalue weighted by atomic mass is 10.3. The molecule has 4 heterocycles. The second kappa shape index (κ2) is 4.39. The number of rotatable bonds is 1. The van der Waals surface area contributed by atoms with Crippen LogP contribution in [0.25, 0.3) is 16.0 Å². The lowest BCUT2D eigenvalue weighted by Gasteiger charge is -2.28. The molecule has 6 nitrogen and oxygen atoms in total. The fourth-order valence-corrected chi connectivity index (χ4v) is 3.82. The van der Waals surface area contributed by atoms with E-state index in [0.29, 0.717) is 0 Å². The summed E-state index contributed by atoms with van der Waals surface area (Å²) in [5.74, 6) is 0.931. The Bertz CT molecular complexity index is 744. The monoisotopic (exact) mass is 338 g/mol. The zero-order valence-electron chi connectivity index (χ0n) is 10.0. The standard InChI is InChI=1S/C11H11BrN6S/c12-8-5-7-11(19-8)15-9(10-16-14-6-18(7)10)17-3-1-13-2-4-17/h5-6,13H,1-4H2. The van der Waals surface area contributed by atoms with E-state index in [1.165, 1.54) is 0 Å². The molecule has 1 N–H and O–H groups in total. The molecule has 8 heteroatoms. The number of halogens is 1. The predicted octanol–water partition coefficient (Wildman–Crippen LogP) is 1.51. The fraction of sp³-hybridized carbons (Fsp3) is 0.364. The highest BCUT2D eigenvalue weighted by molar-refractivity contribution is 9.11. The molecule has 0 amide bonds. The molecular formula is C11H11BrN6S. The quantitative estimate of drug-likeness (QED) is 0.728. The molecule has 0 atom stereocenters. The summed E-state index contributed by atoms with van der Waals surface area (Å²) < 4.78 is 3.09. The molecule has 3 aromatic heterocycles. The second-order valence-corrected chi connectivity index (χ2v) is 6.85. The topological polar surface area (TPSA) is 58.4 Å². The van der Waals surface area contributed by atoms with Crippen LogP contribution in [0.5, 0.6) is 0 Å². The van der Waals surface area contributed by atoms with Crippen molar-refractivity contribution in [2.24, 2.45) is 0 Å². The third kappa shape index (κ3) is 1.82. The Balaban J connectivity index is 1.98. The van der Waals surface area contributed by atoms with E-state index in [0.717, 1.165) is 51.8 Å². The van der Waals surface area contributed by atoms with Crippen molar-refractivity contribution < 1.29 is 0 Å². The highest BCUT2D eigenvalue weighted by Crippen LogP contribution is 2.31. The first-order valence-electron chi connectivity index (χ1n) is 6.07. The first kappa shape index (κ1) is 11.6. The van der Waals surface area contributed by atoms with Crippen LogP contribution in [0.1, 0.15) is 0 Å². The molecule has 1 fully saturated rings. The largest absolute Gasteiger partial charge is 0.351 e. The number of anilines is 1. The molecule has 1 saturated heterocycles. The van der Waals surface area contributed by atoms with Gasteiger partial charge in [-0.25, -0.2) is 4.98 Å². The number of nitrogens with one attached hydrogen (secondary N) is 1. The van der Waals surface area contributed by atoms with Gasteiger partial charge in [-0.1, -0.05) is 0 Å². The zero-order chi connectivity index (χ0) is 12.8. The average molecular weight is 339 g/mol. The van der Waals surface area contributed by atoms with E-state index in [4.69, 9.17) is 4.98 Å². The van der Waals surface area contributed by atoms with Gasteiger partial charge >= 0.3 is 0 Å². The summed E-state index contributed by atoms with van der Waals surface area (Å²) in [6.45, 7) is 3.86. The Morgan fingerprint density at radius 3 is 3.00 bits per heavy atom. The maximum Gasteiger partial charge on any atom is 0.204 e. The molecule has 1 aliphatic heterocycles. The summed E-state index contributed by atoms with van der Waals surface area (Å²) >= 11 is 5.16. The molecule has 19 heavy (non-hydrogen) atoms. The predicted molar refractivity (Wildman–Crippen MR) is 78.9 cm³/mol. The van der Waals surface area contributed by atoms with Crippen molar-refractivity contribution in [2.45, 2.75) is 0 Å². The molecular weight excluding hydrogens is 328 g/mol. The van der Waals surface area contributed by atoms with Gasteiger partial charge in [0.25, 0.3) is 0 Å². The first-order chi connectivity index (χ1) is 9.33. The van der Waals surface area contributed by atoms with Crippen LogP contribution in [-0.2, 0) is 0 Å². The van der Waals surface area contributed by atoms with Gasteiger partial charge in [-0.2, -0.15) is 0 Å². The minimum atomic E-state index is 0.833. The molecule has 3 aromatic rings. The van der Waals surface area contributed by atoms with Gasteiger partial charge in [0.05, 0.1) is 9.30 Å². The number of hydrogen-bond acceptors (Lipinski definition) is 6. The summed E-state index contributed by atoms with van der Waals surface area (Å²) in [5, 5.41) is 11.6. The van der Waals surface area contributed by atoms with E-state index in [2.05, 4.69) is 42.4 Å². The molecule has 0 bridgehead atoms. The molecule has 0 saturated carbocycles. The van der Waals surface area contributed by atoms with Crippen molar-refractivity contribution in [3.63, 3.8) is 0 Å². The van der Waals surface area contributed by atoms with E-state index >= 15 is 0 Å². The molecule has 0 aliphatic carbocycles. The average Bonchev–Trinajstić information content (AvgIpc) is 3.03. The zero-order valence-corrected chi connectivity index (χ0v) is 12.4. The van der Waals surface area contributed by atoms with Gasteiger partial charge in [-0.3, -0.25) is 4.40 Å². The lowest BCUT2D eigenvalue weighted by Crippen LogP contribution is -2.44. The third-order valence-corrected chi connectivity index (χ3v) is 4.82. The van der Waals surface area contributed by atoms with E-state index in [1.807, 2.05) is 4.40 Å². The summed E-state index contributed by atoms with van der Waals surface area (Å²) in [5.41, 5.74) is 1.88. The highest BCUT2D eigenvalue weighted by Gasteiger charge is 2.19. The van der Waals surface area contributed by atoms with E-state index in [-0.39, 0.29) is 0 Å². The Morgan fingerprint density at radius 1 is 1.32 bits per heavy atom. The summed E-state index contributed by atoms with van der Waals surface area (Å²) in [6.07, 6.45) is 1.75. The lowest BCUT2D eigenvalue weighted by molar-refractivity contribution is 0.586. The SMILES string of the molecule is Brc1cc2c(nc(N3CCNCC3)c3nncn32)s1.